The summed E-state index contributed by atoms with van der Waals surface area (Å²) in [7, 11) is 0. The van der Waals surface area contributed by atoms with Crippen LogP contribution in [0.1, 0.15) is 96.8 Å². The highest BCUT2D eigenvalue weighted by molar-refractivity contribution is 5.03. The van der Waals surface area contributed by atoms with E-state index in [1.807, 2.05) is 0 Å². The van der Waals surface area contributed by atoms with Crippen molar-refractivity contribution in [2.24, 2.45) is 0 Å². The molecule has 5 aliphatic rings. The largest absolute Gasteiger partial charge is 0.379 e. The average Bonchev–Trinajstić information content (AvgIpc) is 3.30. The lowest BCUT2D eigenvalue weighted by Gasteiger charge is -2.37. The second kappa shape index (κ2) is 9.32. The smallest absolute Gasteiger partial charge is 0.190 e. The third kappa shape index (κ3) is 4.33. The van der Waals surface area contributed by atoms with Crippen molar-refractivity contribution in [3.63, 3.8) is 0 Å². The first kappa shape index (κ1) is 21.6. The van der Waals surface area contributed by atoms with Crippen molar-refractivity contribution in [1.29, 1.82) is 0 Å². The normalized spacial score (nSPS) is 39.3. The molecule has 3 heterocycles. The summed E-state index contributed by atoms with van der Waals surface area (Å²) in [5, 5.41) is 0. The molecule has 5 atom stereocenters. The third-order valence-corrected chi connectivity index (χ3v) is 7.63. The van der Waals surface area contributed by atoms with Gasteiger partial charge in [-0.15, -0.1) is 0 Å². The summed E-state index contributed by atoms with van der Waals surface area (Å²) >= 11 is 0. The van der Waals surface area contributed by atoms with Crippen LogP contribution in [0.2, 0.25) is 0 Å². The predicted octanol–water partition coefficient (Wildman–Crippen LogP) is 4.83. The van der Waals surface area contributed by atoms with Crippen molar-refractivity contribution in [2.45, 2.75) is 139 Å². The van der Waals surface area contributed by atoms with Gasteiger partial charge in [-0.25, -0.2) is 0 Å². The molecule has 0 aromatic rings. The Balaban J connectivity index is 1.27. The van der Waals surface area contributed by atoms with Crippen LogP contribution in [0.3, 0.4) is 0 Å². The van der Waals surface area contributed by atoms with Gasteiger partial charge >= 0.3 is 0 Å². The summed E-state index contributed by atoms with van der Waals surface area (Å²) in [5.41, 5.74) is 0. The fraction of sp³-hybridized carbons (Fsp3) is 1.00. The number of ether oxygens (including phenoxy) is 6. The average molecular weight is 425 g/mol. The Kier molecular flexibility index (Phi) is 6.71. The molecule has 6 nitrogen and oxygen atoms in total. The lowest BCUT2D eigenvalue weighted by molar-refractivity contribution is -0.256. The van der Waals surface area contributed by atoms with Crippen molar-refractivity contribution < 1.29 is 28.4 Å². The molecule has 3 saturated heterocycles. The Morgan fingerprint density at radius 1 is 0.700 bits per heavy atom. The maximum absolute atomic E-state index is 6.67. The molecule has 0 aromatic heterocycles. The number of hydrogen-bond donors (Lipinski definition) is 0. The Morgan fingerprint density at radius 3 is 2.03 bits per heavy atom. The van der Waals surface area contributed by atoms with Gasteiger partial charge in [-0.3, -0.25) is 0 Å². The molecule has 2 saturated carbocycles. The van der Waals surface area contributed by atoms with Gasteiger partial charge in [-0.1, -0.05) is 39.0 Å². The fourth-order valence-corrected chi connectivity index (χ4v) is 6.00. The van der Waals surface area contributed by atoms with Crippen molar-refractivity contribution in [1.82, 2.24) is 0 Å². The quantitative estimate of drug-likeness (QED) is 0.546. The van der Waals surface area contributed by atoms with Crippen LogP contribution < -0.4 is 0 Å². The SMILES string of the molecule is CCCCCCOCC1OC2OC3(CCCCC3)OC2C2OC3(CCCCC3)OC12. The van der Waals surface area contributed by atoms with E-state index in [1.54, 1.807) is 0 Å². The number of unbranched alkanes of at least 4 members (excludes halogenated alkanes) is 3. The van der Waals surface area contributed by atoms with E-state index in [0.717, 1.165) is 64.4 Å². The van der Waals surface area contributed by atoms with Crippen molar-refractivity contribution in [3.8, 4) is 0 Å². The highest BCUT2D eigenvalue weighted by atomic mass is 16.9. The van der Waals surface area contributed by atoms with Crippen LogP contribution in [0.5, 0.6) is 0 Å². The maximum Gasteiger partial charge on any atom is 0.190 e. The molecule has 0 bridgehead atoms. The third-order valence-electron chi connectivity index (χ3n) is 7.63. The monoisotopic (exact) mass is 424 g/mol. The molecule has 0 amide bonds. The van der Waals surface area contributed by atoms with E-state index >= 15 is 0 Å². The minimum atomic E-state index is -0.486. The molecule has 0 N–H and O–H groups in total. The van der Waals surface area contributed by atoms with Crippen LogP contribution in [0.4, 0.5) is 0 Å². The van der Waals surface area contributed by atoms with Gasteiger partial charge < -0.3 is 28.4 Å². The van der Waals surface area contributed by atoms with E-state index in [2.05, 4.69) is 6.92 Å². The second-order valence-corrected chi connectivity index (χ2v) is 9.99. The second-order valence-electron chi connectivity index (χ2n) is 9.99. The van der Waals surface area contributed by atoms with Gasteiger partial charge in [0.2, 0.25) is 0 Å². The predicted molar refractivity (Wildman–Crippen MR) is 111 cm³/mol. The van der Waals surface area contributed by atoms with Gasteiger partial charge in [-0.05, 0) is 32.1 Å². The van der Waals surface area contributed by atoms with Crippen molar-refractivity contribution >= 4 is 0 Å². The van der Waals surface area contributed by atoms with Gasteiger partial charge in [0, 0.05) is 32.3 Å². The molecule has 3 aliphatic heterocycles. The van der Waals surface area contributed by atoms with Crippen molar-refractivity contribution in [3.05, 3.63) is 0 Å². The molecule has 30 heavy (non-hydrogen) atoms. The van der Waals surface area contributed by atoms with Crippen LogP contribution in [0, 0.1) is 0 Å². The summed E-state index contributed by atoms with van der Waals surface area (Å²) < 4.78 is 38.8. The molecule has 5 rings (SSSR count). The lowest BCUT2D eigenvalue weighted by atomic mass is 9.94. The Morgan fingerprint density at radius 2 is 1.33 bits per heavy atom. The van der Waals surface area contributed by atoms with Crippen LogP contribution >= 0.6 is 0 Å². The van der Waals surface area contributed by atoms with E-state index in [9.17, 15) is 0 Å². The molecule has 5 unspecified atom stereocenters. The van der Waals surface area contributed by atoms with Gasteiger partial charge in [-0.2, -0.15) is 0 Å². The summed E-state index contributed by atoms with van der Waals surface area (Å²) in [6.07, 6.45) is 14.8. The topological polar surface area (TPSA) is 55.4 Å². The molecule has 0 aromatic carbocycles. The summed E-state index contributed by atoms with van der Waals surface area (Å²) in [4.78, 5) is 0. The van der Waals surface area contributed by atoms with Gasteiger partial charge in [0.25, 0.3) is 0 Å². The number of rotatable bonds is 7. The molecular weight excluding hydrogens is 384 g/mol. The standard InChI is InChI=1S/C24H40O6/c1-2-3-4-11-16-25-17-18-19-20(28-23(27-19)12-7-5-8-13-23)21-22(26-18)30-24(29-21)14-9-6-10-15-24/h18-22H,2-17H2,1H3. The lowest BCUT2D eigenvalue weighted by Crippen LogP contribution is -2.56. The van der Waals surface area contributed by atoms with E-state index in [0.29, 0.717) is 6.61 Å². The van der Waals surface area contributed by atoms with Crippen molar-refractivity contribution in [2.75, 3.05) is 13.2 Å². The highest BCUT2D eigenvalue weighted by Crippen LogP contribution is 2.50. The molecule has 5 fully saturated rings. The van der Waals surface area contributed by atoms with E-state index < -0.39 is 11.6 Å². The zero-order valence-corrected chi connectivity index (χ0v) is 18.6. The van der Waals surface area contributed by atoms with E-state index in [4.69, 9.17) is 28.4 Å². The first-order valence-electron chi connectivity index (χ1n) is 12.7. The van der Waals surface area contributed by atoms with E-state index in [1.165, 1.54) is 32.1 Å². The summed E-state index contributed by atoms with van der Waals surface area (Å²) in [6, 6.07) is 0. The summed E-state index contributed by atoms with van der Waals surface area (Å²) in [5.74, 6) is -0.948. The number of hydrogen-bond acceptors (Lipinski definition) is 6. The zero-order valence-electron chi connectivity index (χ0n) is 18.6. The van der Waals surface area contributed by atoms with E-state index in [-0.39, 0.29) is 30.7 Å². The molecular formula is C24H40O6. The van der Waals surface area contributed by atoms with Gasteiger partial charge in [0.05, 0.1) is 6.61 Å². The Labute approximate surface area is 181 Å². The zero-order chi connectivity index (χ0) is 20.4. The fourth-order valence-electron chi connectivity index (χ4n) is 6.00. The summed E-state index contributed by atoms with van der Waals surface area (Å²) in [6.45, 7) is 3.54. The highest BCUT2D eigenvalue weighted by Gasteiger charge is 2.63. The maximum atomic E-state index is 6.67. The molecule has 2 aliphatic carbocycles. The van der Waals surface area contributed by atoms with Gasteiger partial charge in [0.1, 0.15) is 24.4 Å². The molecule has 172 valence electrons. The Hall–Kier alpha value is -0.240. The van der Waals surface area contributed by atoms with Crippen LogP contribution in [-0.2, 0) is 28.4 Å². The van der Waals surface area contributed by atoms with Crippen LogP contribution in [-0.4, -0.2) is 55.5 Å². The van der Waals surface area contributed by atoms with Crippen LogP contribution in [0.15, 0.2) is 0 Å². The minimum absolute atomic E-state index is 0.128. The Bertz CT molecular complexity index is 556. The van der Waals surface area contributed by atoms with Gasteiger partial charge in [0.15, 0.2) is 17.9 Å². The minimum Gasteiger partial charge on any atom is -0.379 e. The molecule has 0 radical (unpaired) electrons. The number of fused-ring (bicyclic) bond motifs is 3. The first-order valence-corrected chi connectivity index (χ1v) is 12.7. The molecule has 2 spiro atoms. The first-order chi connectivity index (χ1) is 14.7. The van der Waals surface area contributed by atoms with Crippen LogP contribution in [0.25, 0.3) is 0 Å². The molecule has 6 heteroatoms.